The van der Waals surface area contributed by atoms with Crippen LogP contribution in [0.3, 0.4) is 0 Å². The lowest BCUT2D eigenvalue weighted by atomic mass is 9.66. The molecule has 0 saturated carbocycles. The largest absolute Gasteiger partial charge is 0.374 e. The van der Waals surface area contributed by atoms with Crippen LogP contribution in [0.2, 0.25) is 0 Å². The Hall–Kier alpha value is -2.25. The first-order chi connectivity index (χ1) is 15.8. The predicted molar refractivity (Wildman–Crippen MR) is 136 cm³/mol. The van der Waals surface area contributed by atoms with E-state index in [-0.39, 0.29) is 42.0 Å². The van der Waals surface area contributed by atoms with E-state index >= 15 is 0 Å². The second-order valence-corrected chi connectivity index (χ2v) is 9.97. The molecule has 0 radical (unpaired) electrons. The van der Waals surface area contributed by atoms with Gasteiger partial charge < -0.3 is 21.1 Å². The molecule has 1 amide bonds. The molecule has 4 N–H and O–H groups in total. The molecule has 184 valence electrons. The number of halogens is 1. The number of ether oxygens (including phenoxy) is 1. The van der Waals surface area contributed by atoms with E-state index in [1.807, 2.05) is 36.4 Å². The standard InChI is InChI=1S/C27H35N3O3.ClH/c1-26(2,28)25(32)30-23(18-33-17-19-8-4-3-5-9-19)24(31)22-16-20-10-6-7-11-21(20)27(22)12-14-29-15-13-27;/h3-11,22-23,29H,12-18,28H2,1-2H3,(H,30,32);1H/t22?,23-;/m1./s1. The number of Topliss-reactive ketones (excluding diaryl/α,β-unsaturated/α-hetero) is 1. The minimum absolute atomic E-state index is 0. The minimum atomic E-state index is -1.08. The topological polar surface area (TPSA) is 93.5 Å². The van der Waals surface area contributed by atoms with Gasteiger partial charge in [0.25, 0.3) is 0 Å². The molecular weight excluding hydrogens is 450 g/mol. The van der Waals surface area contributed by atoms with Crippen molar-refractivity contribution >= 4 is 24.1 Å². The Kier molecular flexibility index (Phi) is 8.52. The summed E-state index contributed by atoms with van der Waals surface area (Å²) in [5, 5.41) is 6.35. The molecule has 34 heavy (non-hydrogen) atoms. The summed E-state index contributed by atoms with van der Waals surface area (Å²) < 4.78 is 5.94. The van der Waals surface area contributed by atoms with Crippen LogP contribution in [0.5, 0.6) is 0 Å². The molecule has 1 saturated heterocycles. The molecule has 6 nitrogen and oxygen atoms in total. The number of nitrogens with two attached hydrogens (primary N) is 1. The molecule has 4 rings (SSSR count). The second kappa shape index (κ2) is 11.0. The maximum absolute atomic E-state index is 14.0. The van der Waals surface area contributed by atoms with Gasteiger partial charge in [-0.3, -0.25) is 9.59 Å². The number of benzene rings is 2. The van der Waals surface area contributed by atoms with Gasteiger partial charge in [-0.1, -0.05) is 54.6 Å². The first kappa shape index (κ1) is 26.4. The van der Waals surface area contributed by atoms with Gasteiger partial charge in [-0.25, -0.2) is 0 Å². The summed E-state index contributed by atoms with van der Waals surface area (Å²) >= 11 is 0. The number of hydrogen-bond acceptors (Lipinski definition) is 5. The van der Waals surface area contributed by atoms with Crippen LogP contribution < -0.4 is 16.4 Å². The number of fused-ring (bicyclic) bond motifs is 2. The van der Waals surface area contributed by atoms with Crippen molar-refractivity contribution in [3.63, 3.8) is 0 Å². The molecule has 2 aliphatic rings. The Morgan fingerprint density at radius 1 is 1.12 bits per heavy atom. The van der Waals surface area contributed by atoms with Crippen molar-refractivity contribution in [3.05, 3.63) is 71.3 Å². The third-order valence-corrected chi connectivity index (χ3v) is 7.11. The van der Waals surface area contributed by atoms with Gasteiger partial charge in [-0.15, -0.1) is 12.4 Å². The Morgan fingerprint density at radius 3 is 2.44 bits per heavy atom. The van der Waals surface area contributed by atoms with Crippen LogP contribution in [-0.2, 0) is 32.8 Å². The zero-order valence-electron chi connectivity index (χ0n) is 20.0. The first-order valence-electron chi connectivity index (χ1n) is 11.9. The highest BCUT2D eigenvalue weighted by Gasteiger charge is 2.51. The fourth-order valence-corrected chi connectivity index (χ4v) is 5.30. The highest BCUT2D eigenvalue weighted by Crippen LogP contribution is 2.49. The molecule has 7 heteroatoms. The van der Waals surface area contributed by atoms with E-state index < -0.39 is 11.6 Å². The number of carbonyl (C=O) groups excluding carboxylic acids is 2. The van der Waals surface area contributed by atoms with E-state index in [4.69, 9.17) is 10.5 Å². The van der Waals surface area contributed by atoms with E-state index in [0.717, 1.165) is 31.5 Å². The van der Waals surface area contributed by atoms with Crippen molar-refractivity contribution in [3.8, 4) is 0 Å². The molecule has 1 heterocycles. The summed E-state index contributed by atoms with van der Waals surface area (Å²) in [6, 6.07) is 17.5. The number of carbonyl (C=O) groups is 2. The summed E-state index contributed by atoms with van der Waals surface area (Å²) in [5.74, 6) is -0.499. The van der Waals surface area contributed by atoms with E-state index in [1.165, 1.54) is 11.1 Å². The summed E-state index contributed by atoms with van der Waals surface area (Å²) in [5.41, 5.74) is 8.32. The fourth-order valence-electron chi connectivity index (χ4n) is 5.30. The zero-order chi connectivity index (χ0) is 23.5. The molecule has 0 aromatic heterocycles. The van der Waals surface area contributed by atoms with Crippen LogP contribution in [0.1, 0.15) is 43.4 Å². The van der Waals surface area contributed by atoms with Crippen LogP contribution in [0.15, 0.2) is 54.6 Å². The molecule has 1 fully saturated rings. The van der Waals surface area contributed by atoms with Gasteiger partial charge >= 0.3 is 0 Å². The lowest BCUT2D eigenvalue weighted by Crippen LogP contribution is -2.58. The lowest BCUT2D eigenvalue weighted by Gasteiger charge is -2.41. The number of hydrogen-bond donors (Lipinski definition) is 3. The molecule has 1 aliphatic heterocycles. The second-order valence-electron chi connectivity index (χ2n) is 9.97. The van der Waals surface area contributed by atoms with Crippen LogP contribution in [0.25, 0.3) is 0 Å². The van der Waals surface area contributed by atoms with Crippen LogP contribution in [0, 0.1) is 5.92 Å². The highest BCUT2D eigenvalue weighted by molar-refractivity contribution is 5.95. The third-order valence-electron chi connectivity index (χ3n) is 7.11. The number of piperidine rings is 1. The third kappa shape index (κ3) is 5.52. The molecule has 1 unspecified atom stereocenters. The van der Waals surface area contributed by atoms with Crippen molar-refractivity contribution in [1.29, 1.82) is 0 Å². The number of ketones is 1. The molecule has 2 aromatic rings. The van der Waals surface area contributed by atoms with Crippen molar-refractivity contribution < 1.29 is 14.3 Å². The normalized spacial score (nSPS) is 19.7. The number of amides is 1. The van der Waals surface area contributed by atoms with Crippen LogP contribution in [-0.4, -0.2) is 43.0 Å². The van der Waals surface area contributed by atoms with Crippen molar-refractivity contribution in [1.82, 2.24) is 10.6 Å². The summed E-state index contributed by atoms with van der Waals surface area (Å²) in [6.45, 7) is 5.57. The van der Waals surface area contributed by atoms with Gasteiger partial charge in [0.05, 0.1) is 18.8 Å². The van der Waals surface area contributed by atoms with E-state index in [9.17, 15) is 9.59 Å². The molecule has 1 aliphatic carbocycles. The van der Waals surface area contributed by atoms with E-state index in [2.05, 4.69) is 28.8 Å². The average Bonchev–Trinajstić information content (AvgIpc) is 3.12. The SMILES string of the molecule is CC(C)(N)C(=O)N[C@H](COCc1ccccc1)C(=O)C1Cc2ccccc2C12CCNCC2.Cl. The molecule has 2 aromatic carbocycles. The minimum Gasteiger partial charge on any atom is -0.374 e. The van der Waals surface area contributed by atoms with Gasteiger partial charge in [-0.05, 0) is 62.9 Å². The summed E-state index contributed by atoms with van der Waals surface area (Å²) in [4.78, 5) is 26.8. The number of nitrogens with one attached hydrogen (secondary N) is 2. The Labute approximate surface area is 208 Å². The Morgan fingerprint density at radius 2 is 1.76 bits per heavy atom. The van der Waals surface area contributed by atoms with Crippen molar-refractivity contribution in [2.24, 2.45) is 11.7 Å². The lowest BCUT2D eigenvalue weighted by molar-refractivity contribution is -0.135. The van der Waals surface area contributed by atoms with Crippen molar-refractivity contribution in [2.45, 2.75) is 56.7 Å². The monoisotopic (exact) mass is 485 g/mol. The smallest absolute Gasteiger partial charge is 0.240 e. The maximum atomic E-state index is 14.0. The maximum Gasteiger partial charge on any atom is 0.240 e. The summed E-state index contributed by atoms with van der Waals surface area (Å²) in [6.07, 6.45) is 2.52. The Balaban J connectivity index is 0.00000324. The van der Waals surface area contributed by atoms with Gasteiger partial charge in [-0.2, -0.15) is 0 Å². The Bertz CT molecular complexity index is 984. The van der Waals surface area contributed by atoms with Crippen LogP contribution in [0.4, 0.5) is 0 Å². The molecule has 1 spiro atoms. The highest BCUT2D eigenvalue weighted by atomic mass is 35.5. The van der Waals surface area contributed by atoms with Gasteiger partial charge in [0.2, 0.25) is 5.91 Å². The van der Waals surface area contributed by atoms with E-state index in [0.29, 0.717) is 13.0 Å². The zero-order valence-corrected chi connectivity index (χ0v) is 20.8. The quantitative estimate of drug-likeness (QED) is 0.534. The van der Waals surface area contributed by atoms with Crippen molar-refractivity contribution in [2.75, 3.05) is 19.7 Å². The predicted octanol–water partition coefficient (Wildman–Crippen LogP) is 2.91. The first-order valence-corrected chi connectivity index (χ1v) is 11.9. The fraction of sp³-hybridized carbons (Fsp3) is 0.481. The van der Waals surface area contributed by atoms with Gasteiger partial charge in [0.1, 0.15) is 6.04 Å². The average molecular weight is 486 g/mol. The van der Waals surface area contributed by atoms with Gasteiger partial charge in [0, 0.05) is 11.3 Å². The van der Waals surface area contributed by atoms with Gasteiger partial charge in [0.15, 0.2) is 5.78 Å². The molecule has 2 atom stereocenters. The molecule has 0 bridgehead atoms. The summed E-state index contributed by atoms with van der Waals surface area (Å²) in [7, 11) is 0. The van der Waals surface area contributed by atoms with E-state index in [1.54, 1.807) is 13.8 Å². The number of rotatable bonds is 8. The van der Waals surface area contributed by atoms with Crippen LogP contribution >= 0.6 is 12.4 Å². The molecular formula is C27H36ClN3O3.